The number of morpholine rings is 1. The van der Waals surface area contributed by atoms with Crippen LogP contribution in [0.15, 0.2) is 54.9 Å². The Morgan fingerprint density at radius 1 is 0.912 bits per heavy atom. The zero-order chi connectivity index (χ0) is 23.5. The number of fused-ring (bicyclic) bond motifs is 1. The Morgan fingerprint density at radius 2 is 1.62 bits per heavy atom. The molecule has 0 bridgehead atoms. The molecule has 5 rings (SSSR count). The number of methoxy groups -OCH3 is 3. The molecule has 1 aliphatic heterocycles. The van der Waals surface area contributed by atoms with Crippen molar-refractivity contribution in [3.05, 3.63) is 54.9 Å². The van der Waals surface area contributed by atoms with Gasteiger partial charge in [-0.2, -0.15) is 5.10 Å². The van der Waals surface area contributed by atoms with E-state index >= 15 is 0 Å². The number of hydrogen-bond donors (Lipinski definition) is 1. The SMILES string of the molecule is COc1cc(-c2cnn3ccc(Nc4ccc(N5CCOCC5)cc4)nc23)cc(OC)c1OC. The predicted octanol–water partition coefficient (Wildman–Crippen LogP) is 4.00. The first kappa shape index (κ1) is 21.8. The standard InChI is InChI=1S/C25H27N5O4/c1-31-21-14-17(15-22(32-2)24(21)33-3)20-16-26-30-9-8-23(28-25(20)30)27-18-4-6-19(7-5-18)29-10-12-34-13-11-29/h4-9,14-16H,10-13H2,1-3H3,(H,27,28). The maximum absolute atomic E-state index is 5.51. The number of nitrogens with one attached hydrogen (secondary N) is 1. The Morgan fingerprint density at radius 3 is 2.26 bits per heavy atom. The molecule has 34 heavy (non-hydrogen) atoms. The van der Waals surface area contributed by atoms with Crippen LogP contribution in [0.2, 0.25) is 0 Å². The Bertz CT molecular complexity index is 1260. The van der Waals surface area contributed by atoms with Gasteiger partial charge in [0.1, 0.15) is 5.82 Å². The summed E-state index contributed by atoms with van der Waals surface area (Å²) in [6.45, 7) is 3.36. The monoisotopic (exact) mass is 461 g/mol. The van der Waals surface area contributed by atoms with Crippen molar-refractivity contribution in [2.45, 2.75) is 0 Å². The Hall–Kier alpha value is -3.98. The number of ether oxygens (including phenoxy) is 4. The van der Waals surface area contributed by atoms with Crippen LogP contribution in [0.1, 0.15) is 0 Å². The van der Waals surface area contributed by atoms with E-state index in [9.17, 15) is 0 Å². The van der Waals surface area contributed by atoms with Gasteiger partial charge in [-0.1, -0.05) is 0 Å². The molecule has 0 radical (unpaired) electrons. The maximum Gasteiger partial charge on any atom is 0.203 e. The summed E-state index contributed by atoms with van der Waals surface area (Å²) >= 11 is 0. The van der Waals surface area contributed by atoms with Crippen LogP contribution in [-0.2, 0) is 4.74 Å². The molecule has 1 aliphatic rings. The van der Waals surface area contributed by atoms with Crippen LogP contribution in [0.3, 0.4) is 0 Å². The summed E-state index contributed by atoms with van der Waals surface area (Å²) in [6.07, 6.45) is 3.66. The van der Waals surface area contributed by atoms with Gasteiger partial charge in [-0.25, -0.2) is 9.50 Å². The first-order valence-corrected chi connectivity index (χ1v) is 11.0. The second-order valence-corrected chi connectivity index (χ2v) is 7.82. The van der Waals surface area contributed by atoms with Crippen molar-refractivity contribution in [2.75, 3.05) is 57.8 Å². The van der Waals surface area contributed by atoms with Crippen LogP contribution in [0.4, 0.5) is 17.2 Å². The van der Waals surface area contributed by atoms with Crippen LogP contribution in [0, 0.1) is 0 Å². The number of benzene rings is 2. The van der Waals surface area contributed by atoms with E-state index in [4.69, 9.17) is 23.9 Å². The van der Waals surface area contributed by atoms with Crippen LogP contribution < -0.4 is 24.4 Å². The van der Waals surface area contributed by atoms with E-state index < -0.39 is 0 Å². The summed E-state index contributed by atoms with van der Waals surface area (Å²) in [6, 6.07) is 14.0. The zero-order valence-corrected chi connectivity index (χ0v) is 19.4. The lowest BCUT2D eigenvalue weighted by Crippen LogP contribution is -2.36. The quantitative estimate of drug-likeness (QED) is 0.442. The summed E-state index contributed by atoms with van der Waals surface area (Å²) in [5, 5.41) is 7.85. The maximum atomic E-state index is 5.51. The number of hydrogen-bond acceptors (Lipinski definition) is 8. The topological polar surface area (TPSA) is 82.4 Å². The Balaban J connectivity index is 1.44. The highest BCUT2D eigenvalue weighted by Crippen LogP contribution is 2.41. The van der Waals surface area contributed by atoms with Gasteiger partial charge in [0, 0.05) is 36.2 Å². The molecule has 0 unspecified atom stereocenters. The largest absolute Gasteiger partial charge is 0.493 e. The van der Waals surface area contributed by atoms with Crippen LogP contribution >= 0.6 is 0 Å². The van der Waals surface area contributed by atoms with E-state index in [0.717, 1.165) is 48.9 Å². The lowest BCUT2D eigenvalue weighted by molar-refractivity contribution is 0.122. The summed E-state index contributed by atoms with van der Waals surface area (Å²) in [5.74, 6) is 2.42. The number of rotatable bonds is 7. The molecule has 0 spiro atoms. The lowest BCUT2D eigenvalue weighted by atomic mass is 10.1. The number of aromatic nitrogens is 3. The third-order valence-corrected chi connectivity index (χ3v) is 5.86. The molecule has 2 aromatic heterocycles. The average Bonchev–Trinajstić information content (AvgIpc) is 3.32. The second-order valence-electron chi connectivity index (χ2n) is 7.82. The molecular formula is C25H27N5O4. The van der Waals surface area contributed by atoms with Gasteiger partial charge in [0.25, 0.3) is 0 Å². The predicted molar refractivity (Wildman–Crippen MR) is 131 cm³/mol. The fourth-order valence-electron chi connectivity index (χ4n) is 4.10. The fraction of sp³-hybridized carbons (Fsp3) is 0.280. The van der Waals surface area contributed by atoms with Crippen molar-refractivity contribution >= 4 is 22.8 Å². The second kappa shape index (κ2) is 9.48. The van der Waals surface area contributed by atoms with E-state index in [1.807, 2.05) is 24.4 Å². The highest BCUT2D eigenvalue weighted by atomic mass is 16.5. The zero-order valence-electron chi connectivity index (χ0n) is 19.4. The normalized spacial score (nSPS) is 13.7. The van der Waals surface area contributed by atoms with E-state index in [1.54, 1.807) is 32.0 Å². The summed E-state index contributed by atoms with van der Waals surface area (Å²) < 4.78 is 23.6. The minimum Gasteiger partial charge on any atom is -0.493 e. The molecule has 9 heteroatoms. The lowest BCUT2D eigenvalue weighted by Gasteiger charge is -2.28. The molecule has 0 atom stereocenters. The molecule has 3 heterocycles. The van der Waals surface area contributed by atoms with Crippen LogP contribution in [0.25, 0.3) is 16.8 Å². The van der Waals surface area contributed by atoms with E-state index in [1.165, 1.54) is 5.69 Å². The third kappa shape index (κ3) is 4.17. The van der Waals surface area contributed by atoms with Gasteiger partial charge in [0.2, 0.25) is 5.75 Å². The molecule has 9 nitrogen and oxygen atoms in total. The first-order chi connectivity index (χ1) is 16.7. The van der Waals surface area contributed by atoms with Crippen molar-refractivity contribution in [1.29, 1.82) is 0 Å². The van der Waals surface area contributed by atoms with E-state index in [2.05, 4.69) is 39.6 Å². The van der Waals surface area contributed by atoms with Gasteiger partial charge in [-0.05, 0) is 48.0 Å². The molecule has 1 saturated heterocycles. The summed E-state index contributed by atoms with van der Waals surface area (Å²) in [4.78, 5) is 7.15. The molecule has 0 amide bonds. The highest BCUT2D eigenvalue weighted by molar-refractivity contribution is 5.81. The highest BCUT2D eigenvalue weighted by Gasteiger charge is 2.17. The minimum absolute atomic E-state index is 0.543. The van der Waals surface area contributed by atoms with Gasteiger partial charge in [0.15, 0.2) is 17.1 Å². The number of anilines is 3. The van der Waals surface area contributed by atoms with Crippen LogP contribution in [0.5, 0.6) is 17.2 Å². The number of nitrogens with zero attached hydrogens (tertiary/aromatic N) is 4. The summed E-state index contributed by atoms with van der Waals surface area (Å²) in [7, 11) is 4.78. The van der Waals surface area contributed by atoms with Crippen molar-refractivity contribution in [3.8, 4) is 28.4 Å². The van der Waals surface area contributed by atoms with Crippen molar-refractivity contribution in [3.63, 3.8) is 0 Å². The molecule has 1 N–H and O–H groups in total. The van der Waals surface area contributed by atoms with Gasteiger partial charge < -0.3 is 29.2 Å². The Labute approximate surface area is 197 Å². The molecule has 2 aromatic carbocycles. The summed E-state index contributed by atoms with van der Waals surface area (Å²) in [5.41, 5.74) is 4.58. The molecule has 0 saturated carbocycles. The van der Waals surface area contributed by atoms with Gasteiger partial charge in [-0.15, -0.1) is 0 Å². The van der Waals surface area contributed by atoms with Crippen molar-refractivity contribution in [1.82, 2.24) is 14.6 Å². The average molecular weight is 462 g/mol. The van der Waals surface area contributed by atoms with E-state index in [-0.39, 0.29) is 0 Å². The molecule has 176 valence electrons. The first-order valence-electron chi connectivity index (χ1n) is 11.0. The molecule has 4 aromatic rings. The Kier molecular flexibility index (Phi) is 6.09. The van der Waals surface area contributed by atoms with Crippen molar-refractivity contribution < 1.29 is 18.9 Å². The fourth-order valence-corrected chi connectivity index (χ4v) is 4.10. The molecular weight excluding hydrogens is 434 g/mol. The molecule has 0 aliphatic carbocycles. The van der Waals surface area contributed by atoms with Crippen LogP contribution in [-0.4, -0.2) is 62.2 Å². The smallest absolute Gasteiger partial charge is 0.203 e. The van der Waals surface area contributed by atoms with Gasteiger partial charge in [0.05, 0.1) is 40.7 Å². The van der Waals surface area contributed by atoms with Gasteiger partial charge in [-0.3, -0.25) is 0 Å². The van der Waals surface area contributed by atoms with Crippen molar-refractivity contribution in [2.24, 2.45) is 0 Å². The minimum atomic E-state index is 0.543. The van der Waals surface area contributed by atoms with Gasteiger partial charge >= 0.3 is 0 Å². The van der Waals surface area contributed by atoms with E-state index in [0.29, 0.717) is 22.9 Å². The third-order valence-electron chi connectivity index (χ3n) is 5.86. The molecule has 1 fully saturated rings.